The molecule has 0 atom stereocenters. The third-order valence-corrected chi connectivity index (χ3v) is 1.50. The molecule has 1 fully saturated rings. The van der Waals surface area contributed by atoms with Crippen LogP contribution in [0, 0.1) is 11.3 Å². The molecule has 0 spiro atoms. The van der Waals surface area contributed by atoms with E-state index in [1.54, 1.807) is 6.07 Å². The van der Waals surface area contributed by atoms with Crippen LogP contribution in [0.2, 0.25) is 0 Å². The first-order valence-corrected chi connectivity index (χ1v) is 4.72. The Hall–Kier alpha value is -0.550. The van der Waals surface area contributed by atoms with Crippen molar-refractivity contribution in [3.05, 3.63) is 0 Å². The van der Waals surface area contributed by atoms with Crippen LogP contribution in [0.25, 0.3) is 0 Å². The fourth-order valence-corrected chi connectivity index (χ4v) is 1.06. The molecule has 2 nitrogen and oxygen atoms in total. The standard InChI is InChI=1S/C6H12.C2H7N.C2H3N/c1-2-4-6-5-3-1;1-3-2;1-2-3/h1-6H2;3H,1-2H3;1H3. The Morgan fingerprint density at radius 3 is 1.08 bits per heavy atom. The number of nitrogens with zero attached hydrogens (tertiary/aromatic N) is 1. The van der Waals surface area contributed by atoms with Crippen LogP contribution >= 0.6 is 0 Å². The average Bonchev–Trinajstić information content (AvgIpc) is 2.10. The molecular formula is C10H22N2. The van der Waals surface area contributed by atoms with E-state index in [0.717, 1.165) is 0 Å². The second-order valence-corrected chi connectivity index (χ2v) is 2.84. The molecule has 0 unspecified atom stereocenters. The Morgan fingerprint density at radius 2 is 1.00 bits per heavy atom. The van der Waals surface area contributed by atoms with E-state index in [1.165, 1.54) is 45.4 Å². The molecule has 0 aliphatic heterocycles. The predicted octanol–water partition coefficient (Wildman–Crippen LogP) is 2.71. The van der Waals surface area contributed by atoms with Gasteiger partial charge >= 0.3 is 0 Å². The highest BCUT2D eigenvalue weighted by atomic mass is 14.7. The maximum atomic E-state index is 7.32. The summed E-state index contributed by atoms with van der Waals surface area (Å²) in [4.78, 5) is 0. The minimum absolute atomic E-state index is 1.43. The second-order valence-electron chi connectivity index (χ2n) is 2.84. The van der Waals surface area contributed by atoms with Crippen LogP contribution in [0.15, 0.2) is 0 Å². The Morgan fingerprint density at radius 1 is 0.917 bits per heavy atom. The van der Waals surface area contributed by atoms with Crippen LogP contribution in [0.3, 0.4) is 0 Å². The second kappa shape index (κ2) is 16.8. The van der Waals surface area contributed by atoms with E-state index in [0.29, 0.717) is 0 Å². The average molecular weight is 170 g/mol. The SMILES string of the molecule is C1CCCCC1.CC#N.CNC. The van der Waals surface area contributed by atoms with Crippen LogP contribution < -0.4 is 5.32 Å². The Balaban J connectivity index is 0. The molecular weight excluding hydrogens is 148 g/mol. The lowest BCUT2D eigenvalue weighted by molar-refractivity contribution is 0.504. The first kappa shape index (κ1) is 14.0. The van der Waals surface area contributed by atoms with Crippen molar-refractivity contribution in [2.75, 3.05) is 14.1 Å². The molecule has 0 saturated heterocycles. The number of rotatable bonds is 0. The molecule has 1 aliphatic carbocycles. The molecule has 1 aliphatic rings. The Bertz CT molecular complexity index is 79.0. The van der Waals surface area contributed by atoms with Crippen molar-refractivity contribution < 1.29 is 0 Å². The molecule has 0 bridgehead atoms. The van der Waals surface area contributed by atoms with Gasteiger partial charge in [0.15, 0.2) is 0 Å². The van der Waals surface area contributed by atoms with Gasteiger partial charge in [0, 0.05) is 6.92 Å². The summed E-state index contributed by atoms with van der Waals surface area (Å²) in [5.41, 5.74) is 0. The van der Waals surface area contributed by atoms with E-state index in [-0.39, 0.29) is 0 Å². The van der Waals surface area contributed by atoms with Gasteiger partial charge in [-0.25, -0.2) is 0 Å². The minimum atomic E-state index is 1.43. The zero-order chi connectivity index (χ0) is 9.66. The summed E-state index contributed by atoms with van der Waals surface area (Å²) in [5, 5.41) is 10.1. The fraction of sp³-hybridized carbons (Fsp3) is 0.900. The van der Waals surface area contributed by atoms with Crippen LogP contribution in [-0.4, -0.2) is 14.1 Å². The molecule has 0 aromatic rings. The highest BCUT2D eigenvalue weighted by Crippen LogP contribution is 2.15. The van der Waals surface area contributed by atoms with Crippen molar-refractivity contribution in [2.45, 2.75) is 45.4 Å². The first-order valence-electron chi connectivity index (χ1n) is 4.72. The van der Waals surface area contributed by atoms with Gasteiger partial charge in [-0.1, -0.05) is 38.5 Å². The highest BCUT2D eigenvalue weighted by Gasteiger charge is 1.95. The molecule has 0 aromatic carbocycles. The summed E-state index contributed by atoms with van der Waals surface area (Å²) in [6.07, 6.45) is 9.00. The third-order valence-electron chi connectivity index (χ3n) is 1.50. The molecule has 0 heterocycles. The van der Waals surface area contributed by atoms with Crippen molar-refractivity contribution in [3.63, 3.8) is 0 Å². The van der Waals surface area contributed by atoms with Crippen LogP contribution in [0.4, 0.5) is 0 Å². The van der Waals surface area contributed by atoms with Crippen molar-refractivity contribution in [1.29, 1.82) is 5.26 Å². The molecule has 1 saturated carbocycles. The number of hydrogen-bond donors (Lipinski definition) is 1. The quantitative estimate of drug-likeness (QED) is 0.606. The largest absolute Gasteiger partial charge is 0.323 e. The molecule has 12 heavy (non-hydrogen) atoms. The van der Waals surface area contributed by atoms with E-state index in [1.807, 2.05) is 14.1 Å². The topological polar surface area (TPSA) is 35.8 Å². The van der Waals surface area contributed by atoms with Gasteiger partial charge in [-0.2, -0.15) is 5.26 Å². The van der Waals surface area contributed by atoms with E-state index >= 15 is 0 Å². The lowest BCUT2D eigenvalue weighted by atomic mass is 10.0. The predicted molar refractivity (Wildman–Crippen MR) is 54.0 cm³/mol. The summed E-state index contributed by atoms with van der Waals surface area (Å²) in [6, 6.07) is 1.75. The summed E-state index contributed by atoms with van der Waals surface area (Å²) in [7, 11) is 3.75. The maximum absolute atomic E-state index is 7.32. The maximum Gasteiger partial charge on any atom is 0.0587 e. The lowest BCUT2D eigenvalue weighted by Crippen LogP contribution is -1.89. The van der Waals surface area contributed by atoms with Crippen molar-refractivity contribution in [2.24, 2.45) is 0 Å². The Labute approximate surface area is 77.0 Å². The zero-order valence-corrected chi connectivity index (χ0v) is 8.69. The molecule has 1 N–H and O–H groups in total. The summed E-state index contributed by atoms with van der Waals surface area (Å²) >= 11 is 0. The van der Waals surface area contributed by atoms with Crippen molar-refractivity contribution in [3.8, 4) is 6.07 Å². The number of nitriles is 1. The van der Waals surface area contributed by atoms with Gasteiger partial charge in [-0.15, -0.1) is 0 Å². The molecule has 1 rings (SSSR count). The smallest absolute Gasteiger partial charge is 0.0587 e. The van der Waals surface area contributed by atoms with Gasteiger partial charge in [0.05, 0.1) is 6.07 Å². The van der Waals surface area contributed by atoms with Crippen LogP contribution in [-0.2, 0) is 0 Å². The monoisotopic (exact) mass is 170 g/mol. The molecule has 0 aromatic heterocycles. The molecule has 0 amide bonds. The summed E-state index contributed by atoms with van der Waals surface area (Å²) in [6.45, 7) is 1.43. The minimum Gasteiger partial charge on any atom is -0.323 e. The molecule has 0 radical (unpaired) electrons. The van der Waals surface area contributed by atoms with Gasteiger partial charge in [-0.05, 0) is 14.1 Å². The van der Waals surface area contributed by atoms with Crippen molar-refractivity contribution in [1.82, 2.24) is 5.32 Å². The van der Waals surface area contributed by atoms with Gasteiger partial charge in [0.2, 0.25) is 0 Å². The van der Waals surface area contributed by atoms with Gasteiger partial charge in [0.1, 0.15) is 0 Å². The van der Waals surface area contributed by atoms with Gasteiger partial charge in [-0.3, -0.25) is 0 Å². The van der Waals surface area contributed by atoms with Crippen molar-refractivity contribution >= 4 is 0 Å². The van der Waals surface area contributed by atoms with E-state index < -0.39 is 0 Å². The Kier molecular flexibility index (Phi) is 19.6. The lowest BCUT2D eigenvalue weighted by Gasteiger charge is -2.05. The summed E-state index contributed by atoms with van der Waals surface area (Å²) < 4.78 is 0. The first-order chi connectivity index (χ1) is 5.83. The van der Waals surface area contributed by atoms with E-state index in [9.17, 15) is 0 Å². The van der Waals surface area contributed by atoms with Crippen LogP contribution in [0.1, 0.15) is 45.4 Å². The molecule has 72 valence electrons. The third kappa shape index (κ3) is 22.7. The summed E-state index contributed by atoms with van der Waals surface area (Å²) in [5.74, 6) is 0. The van der Waals surface area contributed by atoms with Crippen LogP contribution in [0.5, 0.6) is 0 Å². The number of nitrogens with one attached hydrogen (secondary N) is 1. The zero-order valence-electron chi connectivity index (χ0n) is 8.69. The fourth-order valence-electron chi connectivity index (χ4n) is 1.06. The van der Waals surface area contributed by atoms with Gasteiger partial charge < -0.3 is 5.32 Å². The normalized spacial score (nSPS) is 14.2. The van der Waals surface area contributed by atoms with Gasteiger partial charge in [0.25, 0.3) is 0 Å². The van der Waals surface area contributed by atoms with E-state index in [2.05, 4.69) is 5.32 Å². The molecule has 2 heteroatoms. The van der Waals surface area contributed by atoms with E-state index in [4.69, 9.17) is 5.26 Å². The number of hydrogen-bond acceptors (Lipinski definition) is 2. The highest BCUT2D eigenvalue weighted by molar-refractivity contribution is 4.51.